The maximum atomic E-state index is 13.1. The van der Waals surface area contributed by atoms with Crippen molar-refractivity contribution < 1.29 is 9.53 Å². The lowest BCUT2D eigenvalue weighted by molar-refractivity contribution is -0.154. The average Bonchev–Trinajstić information content (AvgIpc) is 2.89. The molecular formula is C31H37ClN2O2. The van der Waals surface area contributed by atoms with Crippen molar-refractivity contribution >= 4 is 23.3 Å². The molecule has 0 bridgehead atoms. The van der Waals surface area contributed by atoms with Gasteiger partial charge in [-0.2, -0.15) is 0 Å². The number of rotatable bonds is 9. The molecule has 190 valence electrons. The summed E-state index contributed by atoms with van der Waals surface area (Å²) in [6.45, 7) is 10.9. The van der Waals surface area contributed by atoms with Gasteiger partial charge >= 0.3 is 5.97 Å². The van der Waals surface area contributed by atoms with Crippen molar-refractivity contribution in [3.05, 3.63) is 89.4 Å². The first-order valence-corrected chi connectivity index (χ1v) is 13.3. The van der Waals surface area contributed by atoms with Crippen LogP contribution in [0, 0.1) is 0 Å². The number of esters is 1. The Kier molecular flexibility index (Phi) is 8.71. The van der Waals surface area contributed by atoms with Gasteiger partial charge in [0.1, 0.15) is 0 Å². The first kappa shape index (κ1) is 26.2. The van der Waals surface area contributed by atoms with E-state index in [4.69, 9.17) is 16.3 Å². The second-order valence-corrected chi connectivity index (χ2v) is 10.6. The zero-order chi connectivity index (χ0) is 25.5. The fraction of sp³-hybridized carbons (Fsp3) is 0.387. The average molecular weight is 505 g/mol. The fourth-order valence-corrected chi connectivity index (χ4v) is 5.05. The Balaban J connectivity index is 1.32. The highest BCUT2D eigenvalue weighted by Crippen LogP contribution is 2.32. The molecule has 1 atom stereocenters. The zero-order valence-corrected chi connectivity index (χ0v) is 22.4. The van der Waals surface area contributed by atoms with Crippen LogP contribution in [0.15, 0.2) is 78.9 Å². The molecular weight excluding hydrogens is 468 g/mol. The predicted molar refractivity (Wildman–Crippen MR) is 150 cm³/mol. The molecule has 1 heterocycles. The number of ether oxygens (including phenoxy) is 1. The van der Waals surface area contributed by atoms with E-state index in [9.17, 15) is 4.79 Å². The van der Waals surface area contributed by atoms with Crippen LogP contribution in [0.4, 0.5) is 5.69 Å². The number of halogens is 1. The van der Waals surface area contributed by atoms with Crippen molar-refractivity contribution in [1.82, 2.24) is 4.90 Å². The second kappa shape index (κ2) is 11.9. The fourth-order valence-electron chi connectivity index (χ4n) is 4.92. The lowest BCUT2D eigenvalue weighted by atomic mass is 9.78. The summed E-state index contributed by atoms with van der Waals surface area (Å²) in [6, 6.07) is 26.8. The molecule has 0 saturated carbocycles. The third-order valence-corrected chi connectivity index (χ3v) is 7.37. The van der Waals surface area contributed by atoms with Gasteiger partial charge in [0, 0.05) is 36.9 Å². The van der Waals surface area contributed by atoms with Crippen LogP contribution in [0.5, 0.6) is 0 Å². The van der Waals surface area contributed by atoms with Crippen molar-refractivity contribution in [1.29, 1.82) is 0 Å². The molecule has 0 spiro atoms. The summed E-state index contributed by atoms with van der Waals surface area (Å²) in [5.74, 6) is -0.130. The maximum Gasteiger partial charge on any atom is 0.316 e. The minimum atomic E-state index is -0.630. The number of anilines is 1. The third kappa shape index (κ3) is 6.48. The molecule has 1 unspecified atom stereocenters. The van der Waals surface area contributed by atoms with Gasteiger partial charge in [-0.15, -0.1) is 0 Å². The summed E-state index contributed by atoms with van der Waals surface area (Å²) < 4.78 is 5.66. The van der Waals surface area contributed by atoms with Crippen LogP contribution in [-0.2, 0) is 14.9 Å². The molecule has 1 fully saturated rings. The molecule has 0 N–H and O–H groups in total. The summed E-state index contributed by atoms with van der Waals surface area (Å²) in [7, 11) is 0. The minimum Gasteiger partial charge on any atom is -0.462 e. The molecule has 4 nitrogen and oxygen atoms in total. The molecule has 1 aliphatic heterocycles. The Hall–Kier alpha value is -2.82. The zero-order valence-electron chi connectivity index (χ0n) is 21.6. The largest absolute Gasteiger partial charge is 0.462 e. The van der Waals surface area contributed by atoms with Crippen LogP contribution in [-0.4, -0.2) is 49.7 Å². The highest BCUT2D eigenvalue weighted by Gasteiger charge is 2.37. The van der Waals surface area contributed by atoms with Gasteiger partial charge in [0.2, 0.25) is 0 Å². The number of piperazine rings is 1. The Labute approximate surface area is 220 Å². The number of hydrogen-bond donors (Lipinski definition) is 0. The van der Waals surface area contributed by atoms with Gasteiger partial charge in [-0.05, 0) is 81.1 Å². The summed E-state index contributed by atoms with van der Waals surface area (Å²) in [5.41, 5.74) is 4.05. The second-order valence-electron chi connectivity index (χ2n) is 10.1. The van der Waals surface area contributed by atoms with E-state index in [1.807, 2.05) is 63.2 Å². The molecule has 0 aromatic heterocycles. The van der Waals surface area contributed by atoms with Crippen LogP contribution in [0.25, 0.3) is 11.1 Å². The summed E-state index contributed by atoms with van der Waals surface area (Å²) in [6.07, 6.45) is 1.60. The normalized spacial score (nSPS) is 16.1. The Morgan fingerprint density at radius 2 is 1.61 bits per heavy atom. The molecule has 0 radical (unpaired) electrons. The summed E-state index contributed by atoms with van der Waals surface area (Å²) in [5, 5.41) is 0.756. The van der Waals surface area contributed by atoms with Gasteiger partial charge < -0.3 is 9.64 Å². The number of benzene rings is 3. The lowest BCUT2D eigenvalue weighted by Crippen LogP contribution is -2.47. The number of carbonyl (C=O) groups excluding carboxylic acids is 1. The van der Waals surface area contributed by atoms with Crippen molar-refractivity contribution in [2.75, 3.05) is 37.6 Å². The van der Waals surface area contributed by atoms with Crippen LogP contribution in [0.2, 0.25) is 5.02 Å². The van der Waals surface area contributed by atoms with Gasteiger partial charge in [-0.1, -0.05) is 66.2 Å². The molecule has 1 saturated heterocycles. The van der Waals surface area contributed by atoms with Crippen LogP contribution >= 0.6 is 11.6 Å². The predicted octanol–water partition coefficient (Wildman–Crippen LogP) is 6.82. The van der Waals surface area contributed by atoms with Gasteiger partial charge in [0.15, 0.2) is 0 Å². The van der Waals surface area contributed by atoms with Gasteiger partial charge in [0.25, 0.3) is 0 Å². The van der Waals surface area contributed by atoms with E-state index in [0.29, 0.717) is 0 Å². The smallest absolute Gasteiger partial charge is 0.316 e. The molecule has 5 heteroatoms. The van der Waals surface area contributed by atoms with E-state index in [0.717, 1.165) is 56.2 Å². The standard InChI is InChI=1S/C31H37ClN2O2/c1-24(2)36-30(35)31(3,27-10-5-4-6-11-27)17-8-18-33-19-21-34(22-20-33)29-12-7-9-26(23-29)25-13-15-28(32)16-14-25/h4-7,9-16,23-24H,8,17-22H2,1-3H3. The number of carbonyl (C=O) groups is 1. The van der Waals surface area contributed by atoms with E-state index in [2.05, 4.69) is 46.2 Å². The van der Waals surface area contributed by atoms with E-state index in [-0.39, 0.29) is 12.1 Å². The summed E-state index contributed by atoms with van der Waals surface area (Å²) in [4.78, 5) is 18.0. The van der Waals surface area contributed by atoms with E-state index < -0.39 is 5.41 Å². The third-order valence-electron chi connectivity index (χ3n) is 7.12. The van der Waals surface area contributed by atoms with Crippen LogP contribution in [0.3, 0.4) is 0 Å². The lowest BCUT2D eigenvalue weighted by Gasteiger charge is -2.37. The van der Waals surface area contributed by atoms with Crippen molar-refractivity contribution in [2.24, 2.45) is 0 Å². The van der Waals surface area contributed by atoms with Crippen LogP contribution < -0.4 is 4.90 Å². The van der Waals surface area contributed by atoms with Gasteiger partial charge in [0.05, 0.1) is 11.5 Å². The quantitative estimate of drug-likeness (QED) is 0.299. The molecule has 3 aromatic carbocycles. The first-order valence-electron chi connectivity index (χ1n) is 12.9. The topological polar surface area (TPSA) is 32.8 Å². The monoisotopic (exact) mass is 504 g/mol. The van der Waals surface area contributed by atoms with Gasteiger partial charge in [-0.3, -0.25) is 9.69 Å². The first-order chi connectivity index (χ1) is 17.3. The Morgan fingerprint density at radius 3 is 2.28 bits per heavy atom. The molecule has 1 aliphatic rings. The van der Waals surface area contributed by atoms with Crippen molar-refractivity contribution in [3.8, 4) is 11.1 Å². The highest BCUT2D eigenvalue weighted by atomic mass is 35.5. The minimum absolute atomic E-state index is 0.119. The van der Waals surface area contributed by atoms with Crippen LogP contribution in [0.1, 0.15) is 39.2 Å². The SMILES string of the molecule is CC(C)OC(=O)C(C)(CCCN1CCN(c2cccc(-c3ccc(Cl)cc3)c2)CC1)c1ccccc1. The highest BCUT2D eigenvalue weighted by molar-refractivity contribution is 6.30. The molecule has 36 heavy (non-hydrogen) atoms. The van der Waals surface area contributed by atoms with E-state index in [1.165, 1.54) is 16.8 Å². The number of nitrogens with zero attached hydrogens (tertiary/aromatic N) is 2. The summed E-state index contributed by atoms with van der Waals surface area (Å²) >= 11 is 6.06. The number of hydrogen-bond acceptors (Lipinski definition) is 4. The van der Waals surface area contributed by atoms with Gasteiger partial charge in [-0.25, -0.2) is 0 Å². The molecule has 3 aromatic rings. The van der Waals surface area contributed by atoms with E-state index in [1.54, 1.807) is 0 Å². The Bertz CT molecular complexity index is 1120. The van der Waals surface area contributed by atoms with Crippen molar-refractivity contribution in [2.45, 2.75) is 45.1 Å². The Morgan fingerprint density at radius 1 is 0.917 bits per heavy atom. The maximum absolute atomic E-state index is 13.1. The molecule has 0 aliphatic carbocycles. The molecule has 4 rings (SSSR count). The van der Waals surface area contributed by atoms with E-state index >= 15 is 0 Å². The van der Waals surface area contributed by atoms with Crippen molar-refractivity contribution in [3.63, 3.8) is 0 Å². The molecule has 0 amide bonds.